The summed E-state index contributed by atoms with van der Waals surface area (Å²) in [5.41, 5.74) is 3.53. The molecule has 2 heterocycles. The van der Waals surface area contributed by atoms with Crippen LogP contribution in [0.25, 0.3) is 0 Å². The highest BCUT2D eigenvalue weighted by molar-refractivity contribution is 6.15. The number of para-hydroxylation sites is 2. The number of benzene rings is 3. The Morgan fingerprint density at radius 2 is 1.57 bits per heavy atom. The number of likely N-dealkylation sites (N-methyl/N-ethyl adjacent to an activating group) is 2. The molecule has 218 valence electrons. The summed E-state index contributed by atoms with van der Waals surface area (Å²) in [5.74, 6) is -0.792. The van der Waals surface area contributed by atoms with Crippen LogP contribution in [-0.4, -0.2) is 92.9 Å². The summed E-state index contributed by atoms with van der Waals surface area (Å²) in [6.07, 6.45) is -2.03. The van der Waals surface area contributed by atoms with E-state index in [0.29, 0.717) is 23.6 Å². The topological polar surface area (TPSA) is 97.8 Å². The maximum absolute atomic E-state index is 14.1. The molecule has 0 saturated carbocycles. The smallest absolute Gasteiger partial charge is 0.409 e. The van der Waals surface area contributed by atoms with Crippen LogP contribution in [-0.2, 0) is 20.9 Å². The van der Waals surface area contributed by atoms with Crippen molar-refractivity contribution < 1.29 is 19.1 Å². The molecule has 3 amide bonds. The minimum absolute atomic E-state index is 0.0513. The fraction of sp³-hybridized carbons (Fsp3) is 0.312. The Labute approximate surface area is 246 Å². The van der Waals surface area contributed by atoms with Crippen molar-refractivity contribution >= 4 is 35.0 Å². The van der Waals surface area contributed by atoms with Crippen LogP contribution in [0.4, 0.5) is 16.2 Å². The number of nitrogens with one attached hydrogen (secondary N) is 1. The van der Waals surface area contributed by atoms with E-state index in [1.54, 1.807) is 7.05 Å². The monoisotopic (exact) mass is 568 g/mol. The molecule has 3 aromatic rings. The van der Waals surface area contributed by atoms with Crippen LogP contribution < -0.4 is 15.1 Å². The van der Waals surface area contributed by atoms with Crippen LogP contribution in [0.5, 0.6) is 0 Å². The Balaban J connectivity index is 1.43. The number of piperazine rings is 1. The highest BCUT2D eigenvalue weighted by atomic mass is 16.5. The third kappa shape index (κ3) is 7.02. The van der Waals surface area contributed by atoms with Gasteiger partial charge in [-0.15, -0.1) is 0 Å². The molecule has 0 radical (unpaired) electrons. The van der Waals surface area contributed by atoms with Crippen LogP contribution in [0.3, 0.4) is 0 Å². The van der Waals surface area contributed by atoms with Gasteiger partial charge in [0, 0.05) is 51.0 Å². The molecule has 1 saturated heterocycles. The second-order valence-electron chi connectivity index (χ2n) is 10.5. The predicted molar refractivity (Wildman–Crippen MR) is 163 cm³/mol. The second-order valence-corrected chi connectivity index (χ2v) is 10.5. The van der Waals surface area contributed by atoms with E-state index in [9.17, 15) is 14.4 Å². The van der Waals surface area contributed by atoms with Gasteiger partial charge in [-0.2, -0.15) is 0 Å². The van der Waals surface area contributed by atoms with Crippen LogP contribution >= 0.6 is 0 Å². The fourth-order valence-corrected chi connectivity index (χ4v) is 5.01. The maximum Gasteiger partial charge on any atom is 0.409 e. The number of carbonyl (C=O) groups excluding carboxylic acids is 3. The Hall–Kier alpha value is -4.54. The summed E-state index contributed by atoms with van der Waals surface area (Å²) >= 11 is 0. The van der Waals surface area contributed by atoms with Gasteiger partial charge >= 0.3 is 6.09 Å². The molecule has 0 aromatic heterocycles. The van der Waals surface area contributed by atoms with E-state index >= 15 is 0 Å². The first-order valence-corrected chi connectivity index (χ1v) is 14.1. The molecule has 3 aromatic carbocycles. The Bertz CT molecular complexity index is 1420. The lowest BCUT2D eigenvalue weighted by Gasteiger charge is -2.32. The number of fused-ring (bicyclic) bond motifs is 1. The molecule has 1 unspecified atom stereocenters. The number of carbonyl (C=O) groups is 3. The van der Waals surface area contributed by atoms with Gasteiger partial charge in [0.2, 0.25) is 12.1 Å². The van der Waals surface area contributed by atoms with Gasteiger partial charge in [0.05, 0.1) is 11.4 Å². The standard InChI is InChI=1S/C32H36N6O4/c1-35-17-19-37(20-18-35)21-27-26-15-9-10-16-28(26)38(22-29(39)36(2)25-13-7-4-8-14-25)31(40)30(33-27)34-32(41)42-23-24-11-5-3-6-12-24/h3-16,30H,17-23H2,1-2H3,(H,34,41). The van der Waals surface area contributed by atoms with Crippen LogP contribution in [0.1, 0.15) is 11.1 Å². The SMILES string of the molecule is CN1CCN(CC2=NC(NC(=O)OCc3ccccc3)C(=O)N(CC(=O)N(C)c3ccccc3)c3ccccc32)CC1. The summed E-state index contributed by atoms with van der Waals surface area (Å²) in [6.45, 7) is 3.88. The Morgan fingerprint density at radius 1 is 0.929 bits per heavy atom. The number of anilines is 2. The predicted octanol–water partition coefficient (Wildman–Crippen LogP) is 2.99. The number of rotatable bonds is 8. The Kier molecular flexibility index (Phi) is 9.25. The number of hydrogen-bond acceptors (Lipinski definition) is 7. The van der Waals surface area contributed by atoms with Crippen LogP contribution in [0, 0.1) is 0 Å². The Morgan fingerprint density at radius 3 is 2.29 bits per heavy atom. The zero-order valence-corrected chi connectivity index (χ0v) is 24.0. The number of alkyl carbamates (subject to hydrolysis) is 1. The van der Waals surface area contributed by atoms with Gasteiger partial charge in [0.1, 0.15) is 13.2 Å². The molecule has 0 bridgehead atoms. The molecular formula is C32H36N6O4. The lowest BCUT2D eigenvalue weighted by Crippen LogP contribution is -2.50. The lowest BCUT2D eigenvalue weighted by atomic mass is 10.1. The first kappa shape index (κ1) is 29.0. The number of amides is 3. The van der Waals surface area contributed by atoms with E-state index in [4.69, 9.17) is 9.73 Å². The van der Waals surface area contributed by atoms with Gasteiger partial charge in [-0.1, -0.05) is 66.7 Å². The summed E-state index contributed by atoms with van der Waals surface area (Å²) in [5, 5.41) is 2.66. The molecule has 2 aliphatic rings. The average Bonchev–Trinajstić information content (AvgIpc) is 3.12. The molecule has 0 aliphatic carbocycles. The quantitative estimate of drug-likeness (QED) is 0.449. The molecule has 10 heteroatoms. The fourth-order valence-electron chi connectivity index (χ4n) is 5.01. The number of nitrogens with zero attached hydrogens (tertiary/aromatic N) is 5. The summed E-state index contributed by atoms with van der Waals surface area (Å²) < 4.78 is 5.43. The van der Waals surface area contributed by atoms with Gasteiger partial charge in [-0.25, -0.2) is 4.79 Å². The number of ether oxygens (including phenoxy) is 1. The summed E-state index contributed by atoms with van der Waals surface area (Å²) in [7, 11) is 3.77. The molecule has 1 N–H and O–H groups in total. The molecule has 5 rings (SSSR count). The van der Waals surface area contributed by atoms with Crippen molar-refractivity contribution in [3.8, 4) is 0 Å². The van der Waals surface area contributed by atoms with Crippen molar-refractivity contribution in [3.05, 3.63) is 96.1 Å². The van der Waals surface area contributed by atoms with Crippen molar-refractivity contribution in [1.82, 2.24) is 15.1 Å². The first-order valence-electron chi connectivity index (χ1n) is 14.1. The molecule has 2 aliphatic heterocycles. The largest absolute Gasteiger partial charge is 0.445 e. The van der Waals surface area contributed by atoms with Crippen LogP contribution in [0.15, 0.2) is 89.9 Å². The van der Waals surface area contributed by atoms with Crippen molar-refractivity contribution in [3.63, 3.8) is 0 Å². The number of benzodiazepines with no additional fused rings is 1. The molecule has 1 fully saturated rings. The molecular weight excluding hydrogens is 532 g/mol. The average molecular weight is 569 g/mol. The van der Waals surface area contributed by atoms with E-state index in [-0.39, 0.29) is 19.1 Å². The van der Waals surface area contributed by atoms with Crippen molar-refractivity contribution in [1.29, 1.82) is 0 Å². The minimum atomic E-state index is -1.27. The number of hydrogen-bond donors (Lipinski definition) is 1. The zero-order valence-electron chi connectivity index (χ0n) is 24.0. The van der Waals surface area contributed by atoms with Crippen molar-refractivity contribution in [2.75, 3.05) is 63.2 Å². The van der Waals surface area contributed by atoms with Gasteiger partial charge in [-0.05, 0) is 30.8 Å². The summed E-state index contributed by atoms with van der Waals surface area (Å²) in [6, 6.07) is 26.0. The van der Waals surface area contributed by atoms with E-state index < -0.39 is 18.2 Å². The van der Waals surface area contributed by atoms with Gasteiger partial charge < -0.3 is 14.5 Å². The molecule has 0 spiro atoms. The van der Waals surface area contributed by atoms with Crippen LogP contribution in [0.2, 0.25) is 0 Å². The lowest BCUT2D eigenvalue weighted by molar-refractivity contribution is -0.123. The van der Waals surface area contributed by atoms with E-state index in [2.05, 4.69) is 22.2 Å². The van der Waals surface area contributed by atoms with Gasteiger partial charge in [0.25, 0.3) is 5.91 Å². The maximum atomic E-state index is 14.1. The van der Waals surface area contributed by atoms with E-state index in [1.807, 2.05) is 84.9 Å². The van der Waals surface area contributed by atoms with Gasteiger partial charge in [-0.3, -0.25) is 29.7 Å². The highest BCUT2D eigenvalue weighted by Crippen LogP contribution is 2.27. The van der Waals surface area contributed by atoms with Gasteiger partial charge in [0.15, 0.2) is 0 Å². The number of aliphatic imine (C=N–C) groups is 1. The second kappa shape index (κ2) is 13.4. The molecule has 42 heavy (non-hydrogen) atoms. The molecule has 10 nitrogen and oxygen atoms in total. The molecule has 1 atom stereocenters. The van der Waals surface area contributed by atoms with Crippen molar-refractivity contribution in [2.24, 2.45) is 4.99 Å². The third-order valence-corrected chi connectivity index (χ3v) is 7.54. The minimum Gasteiger partial charge on any atom is -0.445 e. The van der Waals surface area contributed by atoms with Crippen molar-refractivity contribution in [2.45, 2.75) is 12.8 Å². The zero-order chi connectivity index (χ0) is 29.5. The normalized spacial score (nSPS) is 17.6. The van der Waals surface area contributed by atoms with E-state index in [1.165, 1.54) is 9.80 Å². The summed E-state index contributed by atoms with van der Waals surface area (Å²) in [4.78, 5) is 52.7. The first-order chi connectivity index (χ1) is 20.4. The third-order valence-electron chi connectivity index (χ3n) is 7.54. The van der Waals surface area contributed by atoms with E-state index in [0.717, 1.165) is 37.3 Å². The highest BCUT2D eigenvalue weighted by Gasteiger charge is 2.35.